The molecule has 5 heteroatoms. The summed E-state index contributed by atoms with van der Waals surface area (Å²) < 4.78 is 0. The van der Waals surface area contributed by atoms with Crippen LogP contribution in [0, 0.1) is 0 Å². The van der Waals surface area contributed by atoms with Crippen LogP contribution in [0.1, 0.15) is 13.3 Å². The lowest BCUT2D eigenvalue weighted by atomic mass is 10.1. The summed E-state index contributed by atoms with van der Waals surface area (Å²) in [5.41, 5.74) is 0.266. The summed E-state index contributed by atoms with van der Waals surface area (Å²) in [7, 11) is 0. The van der Waals surface area contributed by atoms with Crippen LogP contribution in [-0.2, 0) is 24.4 Å². The molecule has 0 aliphatic carbocycles. The first kappa shape index (κ1) is 9.47. The normalized spacial score (nSPS) is 17.6. The Morgan fingerprint density at radius 1 is 1.31 bits per heavy atom. The average Bonchev–Trinajstić information content (AvgIpc) is 2.25. The van der Waals surface area contributed by atoms with Crippen molar-refractivity contribution in [3.05, 3.63) is 23.8 Å². The van der Waals surface area contributed by atoms with E-state index in [4.69, 9.17) is 0 Å². The largest absolute Gasteiger partial charge is 0.377 e. The first-order valence-corrected chi connectivity index (χ1v) is 3.66. The van der Waals surface area contributed by atoms with Gasteiger partial charge in [0.25, 0.3) is 0 Å². The third kappa shape index (κ3) is 1.75. The molecule has 0 aromatic rings. The summed E-state index contributed by atoms with van der Waals surface area (Å²) in [5, 5.41) is 3.89. The van der Waals surface area contributed by atoms with Crippen molar-refractivity contribution in [3.8, 4) is 0 Å². The lowest BCUT2D eigenvalue weighted by Crippen LogP contribution is -2.06. The summed E-state index contributed by atoms with van der Waals surface area (Å²) in [6.07, 6.45) is 1.58. The third-order valence-electron chi connectivity index (χ3n) is 1.57. The van der Waals surface area contributed by atoms with Crippen LogP contribution in [0.3, 0.4) is 0 Å². The highest BCUT2D eigenvalue weighted by Gasteiger charge is 2.25. The van der Waals surface area contributed by atoms with Crippen molar-refractivity contribution in [2.24, 2.45) is 0 Å². The van der Waals surface area contributed by atoms with Gasteiger partial charge in [-0.3, -0.25) is 9.78 Å². The Labute approximate surface area is 74.4 Å². The molecule has 0 atom stereocenters. The SMILES string of the molecule is C=CC1=C(CC)C(=O)OOOC1=O. The Hall–Kier alpha value is -1.62. The van der Waals surface area contributed by atoms with Gasteiger partial charge in [-0.2, -0.15) is 0 Å². The smallest absolute Gasteiger partial charge is 0.254 e. The monoisotopic (exact) mass is 184 g/mol. The first-order valence-electron chi connectivity index (χ1n) is 3.66. The molecule has 0 N–H and O–H groups in total. The topological polar surface area (TPSA) is 61.8 Å². The van der Waals surface area contributed by atoms with Crippen molar-refractivity contribution < 1.29 is 24.4 Å². The van der Waals surface area contributed by atoms with Crippen LogP contribution >= 0.6 is 0 Å². The molecule has 0 saturated heterocycles. The molecule has 0 unspecified atom stereocenters. The Kier molecular flexibility index (Phi) is 2.81. The molecular weight excluding hydrogens is 176 g/mol. The lowest BCUT2D eigenvalue weighted by molar-refractivity contribution is -0.454. The van der Waals surface area contributed by atoms with Crippen LogP contribution in [0.25, 0.3) is 0 Å². The average molecular weight is 184 g/mol. The van der Waals surface area contributed by atoms with Gasteiger partial charge in [0.15, 0.2) is 0 Å². The standard InChI is InChI=1S/C8H8O5/c1-3-5-6(4-2)8(10)12-13-11-7(5)9/h3H,1,4H2,2H3. The van der Waals surface area contributed by atoms with Crippen LogP contribution < -0.4 is 0 Å². The lowest BCUT2D eigenvalue weighted by Gasteiger charge is -1.97. The number of hydrogen-bond acceptors (Lipinski definition) is 5. The number of rotatable bonds is 2. The van der Waals surface area contributed by atoms with Gasteiger partial charge in [-0.25, -0.2) is 9.59 Å². The molecule has 0 aromatic heterocycles. The second kappa shape index (κ2) is 3.86. The molecular formula is C8H8O5. The Morgan fingerprint density at radius 2 is 1.92 bits per heavy atom. The minimum atomic E-state index is -0.780. The zero-order valence-electron chi connectivity index (χ0n) is 7.03. The van der Waals surface area contributed by atoms with Crippen molar-refractivity contribution in [1.29, 1.82) is 0 Å². The van der Waals surface area contributed by atoms with Gasteiger partial charge in [0.1, 0.15) is 0 Å². The fraction of sp³-hybridized carbons (Fsp3) is 0.250. The Morgan fingerprint density at radius 3 is 2.46 bits per heavy atom. The van der Waals surface area contributed by atoms with E-state index in [0.717, 1.165) is 0 Å². The second-order valence-electron chi connectivity index (χ2n) is 2.26. The molecule has 1 aliphatic heterocycles. The fourth-order valence-electron chi connectivity index (χ4n) is 0.948. The molecule has 0 amide bonds. The van der Waals surface area contributed by atoms with Gasteiger partial charge in [-0.05, 0) is 6.42 Å². The molecule has 13 heavy (non-hydrogen) atoms. The van der Waals surface area contributed by atoms with E-state index in [1.165, 1.54) is 6.08 Å². The zero-order chi connectivity index (χ0) is 9.84. The molecule has 1 rings (SSSR count). The van der Waals surface area contributed by atoms with E-state index in [9.17, 15) is 9.59 Å². The minimum absolute atomic E-state index is 0.0741. The van der Waals surface area contributed by atoms with Crippen molar-refractivity contribution >= 4 is 11.9 Å². The molecule has 1 aliphatic rings. The minimum Gasteiger partial charge on any atom is -0.254 e. The summed E-state index contributed by atoms with van der Waals surface area (Å²) in [6.45, 7) is 5.09. The highest BCUT2D eigenvalue weighted by Crippen LogP contribution is 2.17. The predicted octanol–water partition coefficient (Wildman–Crippen LogP) is 0.826. The fourth-order valence-corrected chi connectivity index (χ4v) is 0.948. The summed E-state index contributed by atoms with van der Waals surface area (Å²) >= 11 is 0. The highest BCUT2D eigenvalue weighted by molar-refractivity contribution is 6.02. The van der Waals surface area contributed by atoms with Crippen molar-refractivity contribution in [2.45, 2.75) is 13.3 Å². The van der Waals surface area contributed by atoms with Crippen LogP contribution in [0.2, 0.25) is 0 Å². The van der Waals surface area contributed by atoms with Gasteiger partial charge in [0.05, 0.1) is 11.1 Å². The molecule has 0 saturated carbocycles. The van der Waals surface area contributed by atoms with Gasteiger partial charge < -0.3 is 0 Å². The van der Waals surface area contributed by atoms with Crippen LogP contribution in [0.5, 0.6) is 0 Å². The van der Waals surface area contributed by atoms with Crippen molar-refractivity contribution in [3.63, 3.8) is 0 Å². The van der Waals surface area contributed by atoms with E-state index >= 15 is 0 Å². The second-order valence-corrected chi connectivity index (χ2v) is 2.26. The predicted molar refractivity (Wildman–Crippen MR) is 40.8 cm³/mol. The van der Waals surface area contributed by atoms with Gasteiger partial charge in [-0.1, -0.05) is 19.6 Å². The van der Waals surface area contributed by atoms with E-state index in [2.05, 4.69) is 21.4 Å². The number of carbonyl (C=O) groups excluding carboxylic acids is 2. The summed E-state index contributed by atoms with van der Waals surface area (Å²) in [5.74, 6) is -1.51. The van der Waals surface area contributed by atoms with Crippen LogP contribution in [0.15, 0.2) is 23.8 Å². The first-order chi connectivity index (χ1) is 6.20. The highest BCUT2D eigenvalue weighted by atomic mass is 17.5. The van der Waals surface area contributed by atoms with Gasteiger partial charge in [-0.15, -0.1) is 0 Å². The number of hydrogen-bond donors (Lipinski definition) is 0. The maximum Gasteiger partial charge on any atom is 0.377 e. The van der Waals surface area contributed by atoms with E-state index in [1.54, 1.807) is 6.92 Å². The quantitative estimate of drug-likeness (QED) is 0.594. The van der Waals surface area contributed by atoms with E-state index < -0.39 is 11.9 Å². The maximum absolute atomic E-state index is 11.1. The molecule has 1 heterocycles. The molecule has 0 aromatic carbocycles. The molecule has 0 radical (unpaired) electrons. The maximum atomic E-state index is 11.1. The van der Waals surface area contributed by atoms with Crippen LogP contribution in [0.4, 0.5) is 0 Å². The van der Waals surface area contributed by atoms with Gasteiger partial charge >= 0.3 is 11.9 Å². The van der Waals surface area contributed by atoms with E-state index in [-0.39, 0.29) is 11.1 Å². The third-order valence-corrected chi connectivity index (χ3v) is 1.57. The Bertz CT molecular complexity index is 289. The van der Waals surface area contributed by atoms with E-state index in [1.807, 2.05) is 0 Å². The van der Waals surface area contributed by atoms with E-state index in [0.29, 0.717) is 6.42 Å². The van der Waals surface area contributed by atoms with Crippen molar-refractivity contribution in [2.75, 3.05) is 0 Å². The van der Waals surface area contributed by atoms with Crippen LogP contribution in [-0.4, -0.2) is 11.9 Å². The number of carbonyl (C=O) groups is 2. The molecule has 0 spiro atoms. The molecule has 5 nitrogen and oxygen atoms in total. The van der Waals surface area contributed by atoms with Gasteiger partial charge in [0.2, 0.25) is 0 Å². The summed E-state index contributed by atoms with van der Waals surface area (Å²) in [4.78, 5) is 30.3. The Balaban J connectivity index is 3.15. The van der Waals surface area contributed by atoms with Gasteiger partial charge in [0, 0.05) is 5.04 Å². The molecule has 0 fully saturated rings. The molecule has 0 bridgehead atoms. The van der Waals surface area contributed by atoms with Crippen molar-refractivity contribution in [1.82, 2.24) is 0 Å². The zero-order valence-corrected chi connectivity index (χ0v) is 7.03. The summed E-state index contributed by atoms with van der Waals surface area (Å²) in [6, 6.07) is 0. The molecule has 70 valence electrons.